The molecule has 0 spiro atoms. The van der Waals surface area contributed by atoms with Crippen molar-refractivity contribution in [2.45, 2.75) is 55.5 Å². The van der Waals surface area contributed by atoms with Crippen molar-refractivity contribution in [3.8, 4) is 0 Å². The third-order valence-electron chi connectivity index (χ3n) is 3.33. The summed E-state index contributed by atoms with van der Waals surface area (Å²) < 4.78 is 4.75. The van der Waals surface area contributed by atoms with Crippen molar-refractivity contribution < 1.29 is 39.9 Å². The van der Waals surface area contributed by atoms with Crippen molar-refractivity contribution in [2.75, 3.05) is 0 Å². The second kappa shape index (κ2) is 7.11. The summed E-state index contributed by atoms with van der Waals surface area (Å²) in [5, 5.41) is 47.7. The maximum atomic E-state index is 11.7. The van der Waals surface area contributed by atoms with E-state index in [1.54, 1.807) is 0 Å². The lowest BCUT2D eigenvalue weighted by atomic mass is 9.85. The summed E-state index contributed by atoms with van der Waals surface area (Å²) in [4.78, 5) is 22.2. The monoisotopic (exact) mass is 308 g/mol. The van der Waals surface area contributed by atoms with Crippen LogP contribution in [-0.2, 0) is 14.3 Å². The van der Waals surface area contributed by atoms with E-state index in [1.165, 1.54) is 0 Å². The predicted molar refractivity (Wildman–Crippen MR) is 66.3 cm³/mol. The molecule has 0 radical (unpaired) electrons. The molecule has 0 aromatic rings. The van der Waals surface area contributed by atoms with Gasteiger partial charge in [0, 0.05) is 6.42 Å². The van der Waals surface area contributed by atoms with Crippen molar-refractivity contribution in [2.24, 2.45) is 11.5 Å². The minimum absolute atomic E-state index is 0.0964. The normalized spacial score (nSPS) is 37.8. The van der Waals surface area contributed by atoms with Gasteiger partial charge in [0.1, 0.15) is 36.6 Å². The van der Waals surface area contributed by atoms with Crippen LogP contribution in [0.15, 0.2) is 0 Å². The molecular weight excluding hydrogens is 288 g/mol. The van der Waals surface area contributed by atoms with Gasteiger partial charge in [0.15, 0.2) is 6.10 Å². The average Bonchev–Trinajstić information content (AvgIpc) is 2.44. The van der Waals surface area contributed by atoms with Gasteiger partial charge in [-0.05, 0) is 6.42 Å². The van der Waals surface area contributed by atoms with Crippen molar-refractivity contribution in [3.05, 3.63) is 0 Å². The average molecular weight is 308 g/mol. The molecule has 10 nitrogen and oxygen atoms in total. The van der Waals surface area contributed by atoms with Crippen LogP contribution in [0.2, 0.25) is 0 Å². The largest absolute Gasteiger partial charge is 0.455 e. The molecular formula is C11H20N2O8. The van der Waals surface area contributed by atoms with Crippen molar-refractivity contribution in [1.82, 2.24) is 0 Å². The minimum atomic E-state index is -1.80. The molecule has 9 N–H and O–H groups in total. The van der Waals surface area contributed by atoms with Crippen molar-refractivity contribution >= 4 is 11.9 Å². The summed E-state index contributed by atoms with van der Waals surface area (Å²) in [5.74, 6) is -1.71. The SMILES string of the molecule is NC(=O)CC[C@H](N)C(=O)OC1C(O)C(O)C(O)C(O)C1O. The van der Waals surface area contributed by atoms with Crippen LogP contribution in [0.3, 0.4) is 0 Å². The van der Waals surface area contributed by atoms with Crippen LogP contribution in [0.25, 0.3) is 0 Å². The van der Waals surface area contributed by atoms with Gasteiger partial charge in [-0.1, -0.05) is 0 Å². The molecule has 5 atom stereocenters. The molecule has 0 saturated heterocycles. The summed E-state index contributed by atoms with van der Waals surface area (Å²) in [7, 11) is 0. The Hall–Kier alpha value is -1.30. The highest BCUT2D eigenvalue weighted by Crippen LogP contribution is 2.24. The molecule has 0 heterocycles. The van der Waals surface area contributed by atoms with E-state index in [0.29, 0.717) is 0 Å². The smallest absolute Gasteiger partial charge is 0.323 e. The summed E-state index contributed by atoms with van der Waals surface area (Å²) in [6.45, 7) is 0. The number of rotatable bonds is 5. The van der Waals surface area contributed by atoms with E-state index in [-0.39, 0.29) is 12.8 Å². The number of primary amides is 1. The van der Waals surface area contributed by atoms with E-state index in [1.807, 2.05) is 0 Å². The maximum absolute atomic E-state index is 11.7. The summed E-state index contributed by atoms with van der Waals surface area (Å²) >= 11 is 0. The van der Waals surface area contributed by atoms with E-state index in [4.69, 9.17) is 16.2 Å². The molecule has 1 aliphatic rings. The van der Waals surface area contributed by atoms with Gasteiger partial charge >= 0.3 is 5.97 Å². The lowest BCUT2D eigenvalue weighted by Gasteiger charge is -2.41. The zero-order chi connectivity index (χ0) is 16.3. The van der Waals surface area contributed by atoms with Gasteiger partial charge in [0.05, 0.1) is 0 Å². The Bertz CT molecular complexity index is 376. The third kappa shape index (κ3) is 4.09. The predicted octanol–water partition coefficient (Wildman–Crippen LogP) is -4.69. The first-order chi connectivity index (χ1) is 9.66. The maximum Gasteiger partial charge on any atom is 0.323 e. The van der Waals surface area contributed by atoms with Crippen LogP contribution in [0.1, 0.15) is 12.8 Å². The standard InChI is InChI=1S/C11H20N2O8/c12-3(1-2-4(13)14)11(20)21-10-8(18)6(16)5(15)7(17)9(10)19/h3,5-10,15-19H,1-2,12H2,(H2,13,14)/t3-,5?,6?,7?,8?,9?,10?/m0/s1. The van der Waals surface area contributed by atoms with Crippen molar-refractivity contribution in [3.63, 3.8) is 0 Å². The van der Waals surface area contributed by atoms with E-state index in [2.05, 4.69) is 0 Å². The summed E-state index contributed by atoms with van der Waals surface area (Å²) in [6.07, 6.45) is -10.9. The Morgan fingerprint density at radius 2 is 1.38 bits per heavy atom. The molecule has 1 rings (SSSR count). The Morgan fingerprint density at radius 1 is 0.952 bits per heavy atom. The highest BCUT2D eigenvalue weighted by Gasteiger charge is 2.50. The number of aliphatic hydroxyl groups is 5. The van der Waals surface area contributed by atoms with E-state index in [9.17, 15) is 35.1 Å². The van der Waals surface area contributed by atoms with Crippen LogP contribution >= 0.6 is 0 Å². The van der Waals surface area contributed by atoms with Gasteiger partial charge in [-0.25, -0.2) is 0 Å². The summed E-state index contributed by atoms with van der Waals surface area (Å²) in [5.41, 5.74) is 10.4. The summed E-state index contributed by atoms with van der Waals surface area (Å²) in [6, 6.07) is -1.22. The minimum Gasteiger partial charge on any atom is -0.455 e. The molecule has 0 aliphatic heterocycles. The molecule has 4 unspecified atom stereocenters. The highest BCUT2D eigenvalue weighted by atomic mass is 16.6. The van der Waals surface area contributed by atoms with Gasteiger partial charge in [0.25, 0.3) is 0 Å². The van der Waals surface area contributed by atoms with Crippen LogP contribution in [-0.4, -0.2) is 80.1 Å². The fourth-order valence-corrected chi connectivity index (χ4v) is 1.97. The highest BCUT2D eigenvalue weighted by molar-refractivity contribution is 5.78. The Balaban J connectivity index is 2.67. The number of carbonyl (C=O) groups excluding carboxylic acids is 2. The van der Waals surface area contributed by atoms with E-state index >= 15 is 0 Å². The van der Waals surface area contributed by atoms with Gasteiger partial charge in [-0.15, -0.1) is 0 Å². The lowest BCUT2D eigenvalue weighted by Crippen LogP contribution is -2.65. The van der Waals surface area contributed by atoms with Crippen LogP contribution in [0.5, 0.6) is 0 Å². The fraction of sp³-hybridized carbons (Fsp3) is 0.818. The molecule has 1 amide bonds. The van der Waals surface area contributed by atoms with Crippen LogP contribution < -0.4 is 11.5 Å². The first-order valence-corrected chi connectivity index (χ1v) is 6.31. The van der Waals surface area contributed by atoms with E-state index in [0.717, 1.165) is 0 Å². The quantitative estimate of drug-likeness (QED) is 0.244. The second-order valence-electron chi connectivity index (χ2n) is 4.97. The first-order valence-electron chi connectivity index (χ1n) is 6.31. The molecule has 1 saturated carbocycles. The topological polar surface area (TPSA) is 197 Å². The number of amides is 1. The molecule has 0 bridgehead atoms. The second-order valence-corrected chi connectivity index (χ2v) is 4.97. The van der Waals surface area contributed by atoms with Gasteiger partial charge in [-0.2, -0.15) is 0 Å². The Labute approximate surface area is 119 Å². The molecule has 0 aromatic carbocycles. The lowest BCUT2D eigenvalue weighted by molar-refractivity contribution is -0.234. The number of carbonyl (C=O) groups is 2. The molecule has 122 valence electrons. The number of hydrogen-bond donors (Lipinski definition) is 7. The van der Waals surface area contributed by atoms with Crippen LogP contribution in [0.4, 0.5) is 0 Å². The van der Waals surface area contributed by atoms with Gasteiger partial charge in [-0.3, -0.25) is 9.59 Å². The zero-order valence-electron chi connectivity index (χ0n) is 11.1. The molecule has 21 heavy (non-hydrogen) atoms. The first kappa shape index (κ1) is 17.8. The number of aliphatic hydroxyl groups excluding tert-OH is 5. The number of hydrogen-bond acceptors (Lipinski definition) is 9. The number of ether oxygens (including phenoxy) is 1. The Kier molecular flexibility index (Phi) is 6.01. The number of nitrogens with two attached hydrogens (primary N) is 2. The molecule has 0 aromatic heterocycles. The zero-order valence-corrected chi connectivity index (χ0v) is 11.1. The van der Waals surface area contributed by atoms with E-state index < -0.39 is 54.5 Å². The van der Waals surface area contributed by atoms with Crippen molar-refractivity contribution in [1.29, 1.82) is 0 Å². The third-order valence-corrected chi connectivity index (χ3v) is 3.33. The van der Waals surface area contributed by atoms with Crippen LogP contribution in [0, 0.1) is 0 Å². The molecule has 1 fully saturated rings. The van der Waals surface area contributed by atoms with Gasteiger partial charge < -0.3 is 41.7 Å². The molecule has 1 aliphatic carbocycles. The van der Waals surface area contributed by atoms with Gasteiger partial charge in [0.2, 0.25) is 5.91 Å². The molecule has 10 heteroatoms. The Morgan fingerprint density at radius 3 is 1.81 bits per heavy atom. The fourth-order valence-electron chi connectivity index (χ4n) is 1.97. The number of esters is 1.